The molecule has 98 valence electrons. The summed E-state index contributed by atoms with van der Waals surface area (Å²) in [7, 11) is 2.17. The zero-order valence-electron chi connectivity index (χ0n) is 11.5. The lowest BCUT2D eigenvalue weighted by Gasteiger charge is -2.29. The topological polar surface area (TPSA) is 29.3 Å². The molecule has 0 spiro atoms. The van der Waals surface area contributed by atoms with Gasteiger partial charge in [0.2, 0.25) is 0 Å². The summed E-state index contributed by atoms with van der Waals surface area (Å²) >= 11 is 0. The first-order chi connectivity index (χ1) is 9.18. The van der Waals surface area contributed by atoms with Crippen LogP contribution in [0.25, 0.3) is 0 Å². The fourth-order valence-electron chi connectivity index (χ4n) is 3.14. The second-order valence-corrected chi connectivity index (χ2v) is 5.38. The van der Waals surface area contributed by atoms with E-state index in [0.29, 0.717) is 6.04 Å². The first kappa shape index (κ1) is 12.2. The predicted octanol–water partition coefficient (Wildman–Crippen LogP) is 3.58. The zero-order valence-corrected chi connectivity index (χ0v) is 11.5. The molecule has 0 radical (unpaired) electrons. The van der Waals surface area contributed by atoms with Crippen LogP contribution in [0.15, 0.2) is 48.5 Å². The van der Waals surface area contributed by atoms with Crippen molar-refractivity contribution in [3.63, 3.8) is 0 Å². The second-order valence-electron chi connectivity index (χ2n) is 5.38. The number of aryl methyl sites for hydroxylation is 1. The van der Waals surface area contributed by atoms with E-state index in [1.165, 1.54) is 22.4 Å². The highest BCUT2D eigenvalue weighted by Crippen LogP contribution is 2.42. The number of fused-ring (bicyclic) bond motifs is 1. The molecule has 0 saturated heterocycles. The Morgan fingerprint density at radius 1 is 1.00 bits per heavy atom. The molecule has 2 N–H and O–H groups in total. The maximum Gasteiger partial charge on any atom is 0.0560 e. The molecule has 1 aliphatic carbocycles. The summed E-state index contributed by atoms with van der Waals surface area (Å²) in [6.07, 6.45) is 0.990. The van der Waals surface area contributed by atoms with Crippen molar-refractivity contribution in [3.05, 3.63) is 65.2 Å². The third-order valence-electron chi connectivity index (χ3n) is 4.19. The Morgan fingerprint density at radius 2 is 1.63 bits per heavy atom. The largest absolute Gasteiger partial charge is 0.367 e. The van der Waals surface area contributed by atoms with E-state index in [0.717, 1.165) is 6.42 Å². The molecule has 2 unspecified atom stereocenters. The summed E-state index contributed by atoms with van der Waals surface area (Å²) in [6.45, 7) is 2.16. The minimum atomic E-state index is 0.160. The van der Waals surface area contributed by atoms with Gasteiger partial charge in [0.15, 0.2) is 0 Å². The first-order valence-corrected chi connectivity index (χ1v) is 6.81. The molecule has 2 aromatic rings. The van der Waals surface area contributed by atoms with Gasteiger partial charge in [-0.1, -0.05) is 42.5 Å². The number of hydrogen-bond donors (Lipinski definition) is 1. The molecule has 0 aliphatic heterocycles. The van der Waals surface area contributed by atoms with Crippen molar-refractivity contribution in [2.45, 2.75) is 25.4 Å². The van der Waals surface area contributed by atoms with E-state index in [1.54, 1.807) is 0 Å². The zero-order chi connectivity index (χ0) is 13.4. The molecule has 0 heterocycles. The quantitative estimate of drug-likeness (QED) is 0.885. The average Bonchev–Trinajstić information content (AvgIpc) is 2.77. The monoisotopic (exact) mass is 252 g/mol. The van der Waals surface area contributed by atoms with Gasteiger partial charge in [-0.3, -0.25) is 0 Å². The Balaban J connectivity index is 1.99. The van der Waals surface area contributed by atoms with Gasteiger partial charge < -0.3 is 10.6 Å². The molecule has 2 atom stereocenters. The van der Waals surface area contributed by atoms with Crippen LogP contribution in [0.4, 0.5) is 5.69 Å². The molecular weight excluding hydrogens is 232 g/mol. The van der Waals surface area contributed by atoms with Gasteiger partial charge in [0.1, 0.15) is 0 Å². The highest BCUT2D eigenvalue weighted by Gasteiger charge is 2.31. The fourth-order valence-corrected chi connectivity index (χ4v) is 3.14. The number of nitrogens with zero attached hydrogens (tertiary/aromatic N) is 1. The van der Waals surface area contributed by atoms with Crippen molar-refractivity contribution < 1.29 is 0 Å². The smallest absolute Gasteiger partial charge is 0.0560 e. The van der Waals surface area contributed by atoms with Gasteiger partial charge in [-0.2, -0.15) is 0 Å². The molecule has 1 aliphatic rings. The van der Waals surface area contributed by atoms with Gasteiger partial charge in [0.05, 0.1) is 6.04 Å². The normalized spacial score (nSPS) is 21.2. The van der Waals surface area contributed by atoms with E-state index in [2.05, 4.69) is 67.4 Å². The van der Waals surface area contributed by atoms with Gasteiger partial charge in [0, 0.05) is 18.8 Å². The number of anilines is 1. The third kappa shape index (κ3) is 2.02. The van der Waals surface area contributed by atoms with E-state index >= 15 is 0 Å². The van der Waals surface area contributed by atoms with Crippen molar-refractivity contribution in [2.24, 2.45) is 5.73 Å². The van der Waals surface area contributed by atoms with Crippen LogP contribution in [0.2, 0.25) is 0 Å². The van der Waals surface area contributed by atoms with Crippen molar-refractivity contribution in [3.8, 4) is 0 Å². The van der Waals surface area contributed by atoms with E-state index in [-0.39, 0.29) is 6.04 Å². The lowest BCUT2D eigenvalue weighted by molar-refractivity contribution is 0.593. The van der Waals surface area contributed by atoms with Crippen LogP contribution in [0.3, 0.4) is 0 Å². The molecular formula is C17H20N2. The first-order valence-electron chi connectivity index (χ1n) is 6.81. The van der Waals surface area contributed by atoms with Crippen molar-refractivity contribution in [1.82, 2.24) is 0 Å². The highest BCUT2D eigenvalue weighted by atomic mass is 15.1. The van der Waals surface area contributed by atoms with Crippen LogP contribution in [0.1, 0.15) is 35.2 Å². The minimum absolute atomic E-state index is 0.160. The summed E-state index contributed by atoms with van der Waals surface area (Å²) < 4.78 is 0. The third-order valence-corrected chi connectivity index (χ3v) is 4.19. The summed E-state index contributed by atoms with van der Waals surface area (Å²) in [4.78, 5) is 2.36. The number of para-hydroxylation sites is 1. The summed E-state index contributed by atoms with van der Waals surface area (Å²) in [5.41, 5.74) is 11.5. The van der Waals surface area contributed by atoms with E-state index < -0.39 is 0 Å². The van der Waals surface area contributed by atoms with Gasteiger partial charge >= 0.3 is 0 Å². The maximum atomic E-state index is 6.26. The molecule has 0 bridgehead atoms. The van der Waals surface area contributed by atoms with Crippen LogP contribution >= 0.6 is 0 Å². The summed E-state index contributed by atoms with van der Waals surface area (Å²) in [5.74, 6) is 0. The van der Waals surface area contributed by atoms with Crippen LogP contribution in [0.5, 0.6) is 0 Å². The van der Waals surface area contributed by atoms with Crippen molar-refractivity contribution in [2.75, 3.05) is 11.9 Å². The Bertz CT molecular complexity index is 591. The van der Waals surface area contributed by atoms with E-state index in [4.69, 9.17) is 5.73 Å². The van der Waals surface area contributed by atoms with Crippen molar-refractivity contribution in [1.29, 1.82) is 0 Å². The Kier molecular flexibility index (Phi) is 3.03. The molecule has 0 fully saturated rings. The molecule has 3 rings (SSSR count). The fraction of sp³-hybridized carbons (Fsp3) is 0.294. The second kappa shape index (κ2) is 4.71. The van der Waals surface area contributed by atoms with Crippen LogP contribution < -0.4 is 10.6 Å². The van der Waals surface area contributed by atoms with Gasteiger partial charge in [-0.25, -0.2) is 0 Å². The number of hydrogen-bond acceptors (Lipinski definition) is 2. The van der Waals surface area contributed by atoms with Crippen LogP contribution in [0, 0.1) is 6.92 Å². The number of benzene rings is 2. The molecule has 0 aromatic heterocycles. The van der Waals surface area contributed by atoms with Crippen molar-refractivity contribution >= 4 is 5.69 Å². The molecule has 2 heteroatoms. The Morgan fingerprint density at radius 3 is 2.37 bits per heavy atom. The maximum absolute atomic E-state index is 6.26. The Labute approximate surface area is 114 Å². The molecule has 2 aromatic carbocycles. The SMILES string of the molecule is Cc1ccccc1N(C)C1CC(N)c2ccccc21. The summed E-state index contributed by atoms with van der Waals surface area (Å²) in [5, 5.41) is 0. The van der Waals surface area contributed by atoms with Gasteiger partial charge in [-0.15, -0.1) is 0 Å². The van der Waals surface area contributed by atoms with Gasteiger partial charge in [0.25, 0.3) is 0 Å². The van der Waals surface area contributed by atoms with Crippen LogP contribution in [-0.4, -0.2) is 7.05 Å². The van der Waals surface area contributed by atoms with Gasteiger partial charge in [-0.05, 0) is 36.1 Å². The average molecular weight is 252 g/mol. The lowest BCUT2D eigenvalue weighted by Crippen LogP contribution is -2.23. The molecule has 2 nitrogen and oxygen atoms in total. The Hall–Kier alpha value is -1.80. The highest BCUT2D eigenvalue weighted by molar-refractivity contribution is 5.56. The lowest BCUT2D eigenvalue weighted by atomic mass is 10.1. The summed E-state index contributed by atoms with van der Waals surface area (Å²) in [6, 6.07) is 17.6. The number of rotatable bonds is 2. The van der Waals surface area contributed by atoms with E-state index in [9.17, 15) is 0 Å². The number of nitrogens with two attached hydrogens (primary N) is 1. The molecule has 0 amide bonds. The standard InChI is InChI=1S/C17H20N2/c1-12-7-3-6-10-16(12)19(2)17-11-15(18)13-8-4-5-9-14(13)17/h3-10,15,17H,11,18H2,1-2H3. The molecule has 0 saturated carbocycles. The van der Waals surface area contributed by atoms with E-state index in [1.807, 2.05) is 0 Å². The minimum Gasteiger partial charge on any atom is -0.367 e. The predicted molar refractivity (Wildman–Crippen MR) is 80.3 cm³/mol. The molecule has 19 heavy (non-hydrogen) atoms. The van der Waals surface area contributed by atoms with Crippen LogP contribution in [-0.2, 0) is 0 Å².